The molecule has 1 aliphatic heterocycles. The lowest BCUT2D eigenvalue weighted by molar-refractivity contribution is 0.199. The number of rotatable bonds is 2. The zero-order chi connectivity index (χ0) is 13.4. The van der Waals surface area contributed by atoms with Gasteiger partial charge in [-0.2, -0.15) is 0 Å². The largest absolute Gasteiger partial charge is 0.389 e. The van der Waals surface area contributed by atoms with Crippen molar-refractivity contribution < 1.29 is 9.50 Å². The summed E-state index contributed by atoms with van der Waals surface area (Å²) < 4.78 is 15.4. The Bertz CT molecular complexity index is 594. The monoisotopic (exact) mass is 261 g/mol. The Morgan fingerprint density at radius 3 is 3.00 bits per heavy atom. The number of aliphatic hydroxyl groups excluding tert-OH is 1. The molecule has 0 spiro atoms. The Kier molecular flexibility index (Phi) is 2.98. The lowest BCUT2D eigenvalue weighted by Crippen LogP contribution is -2.34. The molecule has 2 heterocycles. The summed E-state index contributed by atoms with van der Waals surface area (Å²) in [6.07, 6.45) is 3.07. The van der Waals surface area contributed by atoms with E-state index in [9.17, 15) is 9.50 Å². The summed E-state index contributed by atoms with van der Waals surface area (Å²) in [5.74, 6) is 0.672. The van der Waals surface area contributed by atoms with E-state index in [2.05, 4.69) is 14.5 Å². The maximum atomic E-state index is 13.3. The van der Waals surface area contributed by atoms with Gasteiger partial charge in [0.1, 0.15) is 11.6 Å². The Morgan fingerprint density at radius 1 is 1.37 bits per heavy atom. The molecule has 1 aromatic heterocycles. The molecule has 100 valence electrons. The summed E-state index contributed by atoms with van der Waals surface area (Å²) >= 11 is 0. The molecule has 3 rings (SSSR count). The lowest BCUT2D eigenvalue weighted by atomic mass is 10.1. The van der Waals surface area contributed by atoms with Crippen LogP contribution in [0.5, 0.6) is 0 Å². The number of nitrogens with zero attached hydrogens (tertiary/aromatic N) is 3. The van der Waals surface area contributed by atoms with E-state index in [1.165, 1.54) is 12.1 Å². The molecular formula is C14H16FN3O. The van der Waals surface area contributed by atoms with Crippen LogP contribution in [0.4, 0.5) is 10.1 Å². The predicted molar refractivity (Wildman–Crippen MR) is 70.3 cm³/mol. The third-order valence-electron chi connectivity index (χ3n) is 3.53. The maximum absolute atomic E-state index is 13.3. The normalized spacial score (nSPS) is 16.3. The van der Waals surface area contributed by atoms with Gasteiger partial charge in [0, 0.05) is 36.7 Å². The van der Waals surface area contributed by atoms with Gasteiger partial charge >= 0.3 is 0 Å². The SMILES string of the molecule is C[C@@H](O)c1cc(F)ccc1N1CCn2ccnc2C1. The Hall–Kier alpha value is -1.88. The summed E-state index contributed by atoms with van der Waals surface area (Å²) in [5.41, 5.74) is 1.51. The fraction of sp³-hybridized carbons (Fsp3) is 0.357. The predicted octanol–water partition coefficient (Wildman–Crippen LogP) is 2.10. The molecule has 0 aliphatic carbocycles. The van der Waals surface area contributed by atoms with Crippen molar-refractivity contribution in [1.82, 2.24) is 9.55 Å². The van der Waals surface area contributed by atoms with Gasteiger partial charge in [0.2, 0.25) is 0 Å². The molecule has 0 unspecified atom stereocenters. The minimum Gasteiger partial charge on any atom is -0.389 e. The summed E-state index contributed by atoms with van der Waals surface area (Å²) in [6.45, 7) is 4.02. The van der Waals surface area contributed by atoms with Gasteiger partial charge < -0.3 is 14.6 Å². The number of aromatic nitrogens is 2. The van der Waals surface area contributed by atoms with Crippen LogP contribution in [0, 0.1) is 5.82 Å². The number of anilines is 1. The van der Waals surface area contributed by atoms with Crippen LogP contribution in [0.2, 0.25) is 0 Å². The van der Waals surface area contributed by atoms with Crippen molar-refractivity contribution in [3.63, 3.8) is 0 Å². The van der Waals surface area contributed by atoms with Gasteiger partial charge in [-0.3, -0.25) is 0 Å². The Morgan fingerprint density at radius 2 is 2.21 bits per heavy atom. The van der Waals surface area contributed by atoms with Crippen LogP contribution in [0.3, 0.4) is 0 Å². The topological polar surface area (TPSA) is 41.3 Å². The van der Waals surface area contributed by atoms with Crippen molar-refractivity contribution >= 4 is 5.69 Å². The second-order valence-corrected chi connectivity index (χ2v) is 4.84. The van der Waals surface area contributed by atoms with Gasteiger partial charge in [-0.25, -0.2) is 9.37 Å². The van der Waals surface area contributed by atoms with Crippen molar-refractivity contribution in [1.29, 1.82) is 0 Å². The van der Waals surface area contributed by atoms with E-state index in [1.54, 1.807) is 19.2 Å². The summed E-state index contributed by atoms with van der Waals surface area (Å²) in [7, 11) is 0. The number of aliphatic hydroxyl groups is 1. The van der Waals surface area contributed by atoms with Gasteiger partial charge in [0.15, 0.2) is 0 Å². The highest BCUT2D eigenvalue weighted by Gasteiger charge is 2.20. The van der Waals surface area contributed by atoms with E-state index in [0.29, 0.717) is 12.1 Å². The van der Waals surface area contributed by atoms with Crippen LogP contribution >= 0.6 is 0 Å². The van der Waals surface area contributed by atoms with Crippen LogP contribution in [0.15, 0.2) is 30.6 Å². The third kappa shape index (κ3) is 2.21. The minimum absolute atomic E-state index is 0.321. The second-order valence-electron chi connectivity index (χ2n) is 4.84. The molecule has 0 fully saturated rings. The first-order valence-electron chi connectivity index (χ1n) is 6.37. The number of hydrogen-bond acceptors (Lipinski definition) is 3. The van der Waals surface area contributed by atoms with E-state index in [1.807, 2.05) is 6.20 Å². The van der Waals surface area contributed by atoms with E-state index in [4.69, 9.17) is 0 Å². The van der Waals surface area contributed by atoms with E-state index >= 15 is 0 Å². The maximum Gasteiger partial charge on any atom is 0.128 e. The molecule has 0 saturated carbocycles. The number of fused-ring (bicyclic) bond motifs is 1. The molecule has 1 atom stereocenters. The molecule has 0 bridgehead atoms. The van der Waals surface area contributed by atoms with Crippen LogP contribution in [-0.4, -0.2) is 21.2 Å². The number of imidazole rings is 1. The first-order chi connectivity index (χ1) is 9.15. The highest BCUT2D eigenvalue weighted by Crippen LogP contribution is 2.29. The molecule has 1 N–H and O–H groups in total. The van der Waals surface area contributed by atoms with Gasteiger partial charge in [0.05, 0.1) is 12.6 Å². The van der Waals surface area contributed by atoms with Gasteiger partial charge in [-0.05, 0) is 25.1 Å². The first kappa shape index (κ1) is 12.2. The fourth-order valence-corrected chi connectivity index (χ4v) is 2.53. The molecule has 4 nitrogen and oxygen atoms in total. The van der Waals surface area contributed by atoms with Crippen molar-refractivity contribution in [3.05, 3.63) is 47.8 Å². The Labute approximate surface area is 111 Å². The molecule has 1 aliphatic rings. The summed E-state index contributed by atoms with van der Waals surface area (Å²) in [5, 5.41) is 9.80. The average molecular weight is 261 g/mol. The number of hydrogen-bond donors (Lipinski definition) is 1. The highest BCUT2D eigenvalue weighted by molar-refractivity contribution is 5.55. The molecule has 2 aromatic rings. The number of halogens is 1. The number of benzene rings is 1. The van der Waals surface area contributed by atoms with E-state index < -0.39 is 6.10 Å². The molecule has 0 saturated heterocycles. The lowest BCUT2D eigenvalue weighted by Gasteiger charge is -2.31. The quantitative estimate of drug-likeness (QED) is 0.900. The molecule has 1 aromatic carbocycles. The molecule has 5 heteroatoms. The summed E-state index contributed by atoms with van der Waals surface area (Å²) in [4.78, 5) is 6.44. The standard InChI is InChI=1S/C14H16FN3O/c1-10(19)12-8-11(15)2-3-13(12)18-7-6-17-5-4-16-14(17)9-18/h2-5,8,10,19H,6-7,9H2,1H3/t10-/m1/s1. The minimum atomic E-state index is -0.688. The van der Waals surface area contributed by atoms with E-state index in [-0.39, 0.29) is 5.82 Å². The van der Waals surface area contributed by atoms with Crippen LogP contribution in [0.1, 0.15) is 24.4 Å². The zero-order valence-electron chi connectivity index (χ0n) is 10.8. The zero-order valence-corrected chi connectivity index (χ0v) is 10.8. The van der Waals surface area contributed by atoms with Gasteiger partial charge in [-0.1, -0.05) is 0 Å². The smallest absolute Gasteiger partial charge is 0.128 e. The fourth-order valence-electron chi connectivity index (χ4n) is 2.53. The van der Waals surface area contributed by atoms with Gasteiger partial charge in [-0.15, -0.1) is 0 Å². The molecule has 0 radical (unpaired) electrons. The summed E-state index contributed by atoms with van der Waals surface area (Å²) in [6, 6.07) is 4.57. The Balaban J connectivity index is 1.95. The second kappa shape index (κ2) is 4.66. The third-order valence-corrected chi connectivity index (χ3v) is 3.53. The van der Waals surface area contributed by atoms with E-state index in [0.717, 1.165) is 24.6 Å². The van der Waals surface area contributed by atoms with Crippen molar-refractivity contribution in [3.8, 4) is 0 Å². The average Bonchev–Trinajstić information content (AvgIpc) is 2.85. The first-order valence-corrected chi connectivity index (χ1v) is 6.37. The molecule has 0 amide bonds. The van der Waals surface area contributed by atoms with Gasteiger partial charge in [0.25, 0.3) is 0 Å². The van der Waals surface area contributed by atoms with Crippen molar-refractivity contribution in [2.45, 2.75) is 26.1 Å². The van der Waals surface area contributed by atoms with Crippen molar-refractivity contribution in [2.24, 2.45) is 0 Å². The molecular weight excluding hydrogens is 245 g/mol. The van der Waals surface area contributed by atoms with Crippen LogP contribution < -0.4 is 4.90 Å². The van der Waals surface area contributed by atoms with Crippen molar-refractivity contribution in [2.75, 3.05) is 11.4 Å². The highest BCUT2D eigenvalue weighted by atomic mass is 19.1. The van der Waals surface area contributed by atoms with Crippen LogP contribution in [0.25, 0.3) is 0 Å². The molecule has 19 heavy (non-hydrogen) atoms. The van der Waals surface area contributed by atoms with Crippen LogP contribution in [-0.2, 0) is 13.1 Å².